The summed E-state index contributed by atoms with van der Waals surface area (Å²) >= 11 is 0. The molecule has 0 unspecified atom stereocenters. The van der Waals surface area contributed by atoms with Gasteiger partial charge >= 0.3 is 6.09 Å². The van der Waals surface area contributed by atoms with Crippen LogP contribution in [0, 0.1) is 0 Å². The number of amides is 1. The number of carbonyl (C=O) groups excluding carboxylic acids is 1. The molecule has 0 aromatic rings. The van der Waals surface area contributed by atoms with E-state index < -0.39 is 17.2 Å². The summed E-state index contributed by atoms with van der Waals surface area (Å²) in [5, 5.41) is 5.85. The van der Waals surface area contributed by atoms with Gasteiger partial charge in [0.05, 0.1) is 12.1 Å². The van der Waals surface area contributed by atoms with E-state index in [0.717, 1.165) is 0 Å². The summed E-state index contributed by atoms with van der Waals surface area (Å²) in [6.07, 6.45) is -0.458. The summed E-state index contributed by atoms with van der Waals surface area (Å²) in [6.45, 7) is 15.6. The van der Waals surface area contributed by atoms with Crippen LogP contribution in [0.2, 0.25) is 0 Å². The van der Waals surface area contributed by atoms with Gasteiger partial charge in [-0.05, 0) is 55.4 Å². The highest BCUT2D eigenvalue weighted by molar-refractivity contribution is 5.78. The zero-order chi connectivity index (χ0) is 16.2. The Morgan fingerprint density at radius 2 is 1.55 bits per heavy atom. The first-order valence-corrected chi connectivity index (χ1v) is 6.79. The molecule has 0 spiro atoms. The number of rotatable bonds is 3. The van der Waals surface area contributed by atoms with Crippen molar-refractivity contribution in [3.63, 3.8) is 0 Å². The highest BCUT2D eigenvalue weighted by Gasteiger charge is 2.24. The summed E-state index contributed by atoms with van der Waals surface area (Å²) in [7, 11) is 0. The van der Waals surface area contributed by atoms with Crippen LogP contribution in [-0.2, 0) is 4.74 Å². The molecule has 0 aromatic heterocycles. The van der Waals surface area contributed by atoms with Crippen LogP contribution >= 0.6 is 0 Å². The van der Waals surface area contributed by atoms with Gasteiger partial charge < -0.3 is 21.1 Å². The average molecular weight is 286 g/mol. The lowest BCUT2D eigenvalue weighted by molar-refractivity contribution is 0.0476. The van der Waals surface area contributed by atoms with Gasteiger partial charge in [0, 0.05) is 5.54 Å². The SMILES string of the molecule is CC(C)(C)NC(N)=NCC(C)(C)NC(=O)OC(C)(C)C. The van der Waals surface area contributed by atoms with Gasteiger partial charge in [-0.1, -0.05) is 0 Å². The summed E-state index contributed by atoms with van der Waals surface area (Å²) in [6, 6.07) is 0. The van der Waals surface area contributed by atoms with Crippen LogP contribution in [-0.4, -0.2) is 35.3 Å². The lowest BCUT2D eigenvalue weighted by atomic mass is 10.1. The Morgan fingerprint density at radius 1 is 1.05 bits per heavy atom. The molecule has 4 N–H and O–H groups in total. The number of aliphatic imine (C=N–C) groups is 1. The highest BCUT2D eigenvalue weighted by Crippen LogP contribution is 2.09. The maximum Gasteiger partial charge on any atom is 0.408 e. The second-order valence-electron chi connectivity index (χ2n) is 7.59. The van der Waals surface area contributed by atoms with E-state index in [4.69, 9.17) is 10.5 Å². The zero-order valence-electron chi connectivity index (χ0n) is 14.0. The summed E-state index contributed by atoms with van der Waals surface area (Å²) in [5.74, 6) is 0.358. The van der Waals surface area contributed by atoms with Crippen molar-refractivity contribution < 1.29 is 9.53 Å². The fourth-order valence-corrected chi connectivity index (χ4v) is 1.33. The van der Waals surface area contributed by atoms with Crippen molar-refractivity contribution in [2.45, 2.75) is 72.1 Å². The third-order valence-electron chi connectivity index (χ3n) is 1.99. The maximum absolute atomic E-state index is 11.7. The van der Waals surface area contributed by atoms with E-state index in [9.17, 15) is 4.79 Å². The first-order chi connectivity index (χ1) is 8.70. The highest BCUT2D eigenvalue weighted by atomic mass is 16.6. The van der Waals surface area contributed by atoms with Gasteiger partial charge in [0.25, 0.3) is 0 Å². The molecule has 0 heterocycles. The number of nitrogens with two attached hydrogens (primary N) is 1. The number of nitrogens with zero attached hydrogens (tertiary/aromatic N) is 1. The number of nitrogens with one attached hydrogen (secondary N) is 2. The molecule has 0 saturated carbocycles. The molecule has 0 radical (unpaired) electrons. The third kappa shape index (κ3) is 10.5. The molecule has 0 aliphatic heterocycles. The number of carbonyl (C=O) groups is 1. The molecule has 0 rings (SSSR count). The van der Waals surface area contributed by atoms with Gasteiger partial charge in [-0.2, -0.15) is 0 Å². The molecule has 0 aliphatic rings. The normalized spacial score (nSPS) is 13.9. The van der Waals surface area contributed by atoms with E-state index in [1.807, 2.05) is 55.4 Å². The van der Waals surface area contributed by atoms with Crippen molar-refractivity contribution in [3.8, 4) is 0 Å². The molecule has 0 aromatic carbocycles. The summed E-state index contributed by atoms with van der Waals surface area (Å²) in [5.41, 5.74) is 4.60. The first-order valence-electron chi connectivity index (χ1n) is 6.79. The molecule has 0 bridgehead atoms. The first kappa shape index (κ1) is 18.5. The fraction of sp³-hybridized carbons (Fsp3) is 0.857. The Hall–Kier alpha value is -1.46. The molecule has 6 heteroatoms. The van der Waals surface area contributed by atoms with Crippen molar-refractivity contribution in [1.82, 2.24) is 10.6 Å². The minimum Gasteiger partial charge on any atom is -0.444 e. The monoisotopic (exact) mass is 286 g/mol. The second-order valence-corrected chi connectivity index (χ2v) is 7.59. The molecular weight excluding hydrogens is 256 g/mol. The molecule has 0 aliphatic carbocycles. The van der Waals surface area contributed by atoms with E-state index >= 15 is 0 Å². The average Bonchev–Trinajstić information content (AvgIpc) is 2.07. The molecular formula is C14H30N4O2. The van der Waals surface area contributed by atoms with Crippen molar-refractivity contribution in [3.05, 3.63) is 0 Å². The molecule has 0 atom stereocenters. The molecule has 0 saturated heterocycles. The summed E-state index contributed by atoms with van der Waals surface area (Å²) < 4.78 is 5.22. The molecule has 1 amide bonds. The Labute approximate surface area is 122 Å². The quantitative estimate of drug-likeness (QED) is 0.547. The van der Waals surface area contributed by atoms with Crippen LogP contribution < -0.4 is 16.4 Å². The van der Waals surface area contributed by atoms with E-state index in [0.29, 0.717) is 12.5 Å². The van der Waals surface area contributed by atoms with Crippen LogP contribution in [0.3, 0.4) is 0 Å². The van der Waals surface area contributed by atoms with Crippen molar-refractivity contribution in [2.75, 3.05) is 6.54 Å². The summed E-state index contributed by atoms with van der Waals surface area (Å²) in [4.78, 5) is 16.0. The van der Waals surface area contributed by atoms with Gasteiger partial charge in [-0.15, -0.1) is 0 Å². The van der Waals surface area contributed by atoms with E-state index in [1.165, 1.54) is 0 Å². The standard InChI is InChI=1S/C14H30N4O2/c1-12(2,3)17-10(15)16-9-14(7,8)18-11(19)20-13(4,5)6/h9H2,1-8H3,(H,18,19)(H3,15,16,17). The largest absolute Gasteiger partial charge is 0.444 e. The Morgan fingerprint density at radius 3 is 1.95 bits per heavy atom. The van der Waals surface area contributed by atoms with Crippen LogP contribution in [0.25, 0.3) is 0 Å². The minimum atomic E-state index is -0.535. The zero-order valence-corrected chi connectivity index (χ0v) is 14.0. The van der Waals surface area contributed by atoms with E-state index in [2.05, 4.69) is 15.6 Å². The topological polar surface area (TPSA) is 88.7 Å². The number of hydrogen-bond acceptors (Lipinski definition) is 3. The van der Waals surface area contributed by atoms with E-state index in [1.54, 1.807) is 0 Å². The predicted octanol–water partition coefficient (Wildman–Crippen LogP) is 1.99. The second kappa shape index (κ2) is 6.33. The predicted molar refractivity (Wildman–Crippen MR) is 82.8 cm³/mol. The Bertz CT molecular complexity index is 362. The Kier molecular flexibility index (Phi) is 5.86. The van der Waals surface area contributed by atoms with Crippen LogP contribution in [0.5, 0.6) is 0 Å². The van der Waals surface area contributed by atoms with Gasteiger partial charge in [-0.3, -0.25) is 4.99 Å². The molecule has 118 valence electrons. The van der Waals surface area contributed by atoms with Crippen LogP contribution in [0.1, 0.15) is 55.4 Å². The van der Waals surface area contributed by atoms with Gasteiger partial charge in [0.1, 0.15) is 5.60 Å². The van der Waals surface area contributed by atoms with Crippen molar-refractivity contribution in [2.24, 2.45) is 10.7 Å². The maximum atomic E-state index is 11.7. The Balaban J connectivity index is 4.46. The van der Waals surface area contributed by atoms with Gasteiger partial charge in [0.15, 0.2) is 5.96 Å². The molecule has 6 nitrogen and oxygen atoms in total. The molecule has 0 fully saturated rings. The minimum absolute atomic E-state index is 0.143. The van der Waals surface area contributed by atoms with Crippen molar-refractivity contribution in [1.29, 1.82) is 0 Å². The molecule has 20 heavy (non-hydrogen) atoms. The number of alkyl carbamates (subject to hydrolysis) is 1. The fourth-order valence-electron chi connectivity index (χ4n) is 1.33. The smallest absolute Gasteiger partial charge is 0.408 e. The van der Waals surface area contributed by atoms with E-state index in [-0.39, 0.29) is 5.54 Å². The lowest BCUT2D eigenvalue weighted by Crippen LogP contribution is -2.49. The number of ether oxygens (including phenoxy) is 1. The number of guanidine groups is 1. The number of hydrogen-bond donors (Lipinski definition) is 3. The van der Waals surface area contributed by atoms with Crippen molar-refractivity contribution >= 4 is 12.1 Å². The van der Waals surface area contributed by atoms with Gasteiger partial charge in [0.2, 0.25) is 0 Å². The van der Waals surface area contributed by atoms with Gasteiger partial charge in [-0.25, -0.2) is 4.79 Å². The van der Waals surface area contributed by atoms with Crippen LogP contribution in [0.4, 0.5) is 4.79 Å². The third-order valence-corrected chi connectivity index (χ3v) is 1.99. The van der Waals surface area contributed by atoms with Crippen LogP contribution in [0.15, 0.2) is 4.99 Å². The lowest BCUT2D eigenvalue weighted by Gasteiger charge is -2.28.